The fourth-order valence-corrected chi connectivity index (χ4v) is 3.96. The maximum absolute atomic E-state index is 13.1. The van der Waals surface area contributed by atoms with Crippen LogP contribution in [0.4, 0.5) is 5.69 Å². The summed E-state index contributed by atoms with van der Waals surface area (Å²) in [5, 5.41) is 2.73. The molecule has 164 valence electrons. The molecule has 0 saturated carbocycles. The first-order valence-electron chi connectivity index (χ1n) is 10.6. The van der Waals surface area contributed by atoms with Crippen LogP contribution in [0.1, 0.15) is 54.6 Å². The molecular formula is C25H30N2O4. The summed E-state index contributed by atoms with van der Waals surface area (Å²) in [7, 11) is 3.11. The monoisotopic (exact) mass is 422 g/mol. The van der Waals surface area contributed by atoms with Crippen LogP contribution >= 0.6 is 0 Å². The molecule has 1 amide bonds. The number of hydrogen-bond donors (Lipinski definition) is 1. The lowest BCUT2D eigenvalue weighted by Gasteiger charge is -2.34. The van der Waals surface area contributed by atoms with Crippen LogP contribution in [-0.2, 0) is 16.0 Å². The molecule has 0 aliphatic carbocycles. The highest BCUT2D eigenvalue weighted by Gasteiger charge is 2.33. The summed E-state index contributed by atoms with van der Waals surface area (Å²) in [4.78, 5) is 29.8. The van der Waals surface area contributed by atoms with Gasteiger partial charge in [0.15, 0.2) is 5.78 Å². The number of nitrogens with zero attached hydrogens (tertiary/aromatic N) is 1. The third kappa shape index (κ3) is 5.20. The van der Waals surface area contributed by atoms with Crippen LogP contribution in [0.2, 0.25) is 0 Å². The summed E-state index contributed by atoms with van der Waals surface area (Å²) in [5.74, 6) is 0.514. The largest absolute Gasteiger partial charge is 0.497 e. The summed E-state index contributed by atoms with van der Waals surface area (Å²) in [6.07, 6.45) is 2.93. The highest BCUT2D eigenvalue weighted by molar-refractivity contribution is 6.17. The molecule has 6 nitrogen and oxygen atoms in total. The Morgan fingerprint density at radius 3 is 2.39 bits per heavy atom. The summed E-state index contributed by atoms with van der Waals surface area (Å²) < 4.78 is 10.2. The molecule has 0 aromatic heterocycles. The van der Waals surface area contributed by atoms with E-state index in [0.29, 0.717) is 11.3 Å². The highest BCUT2D eigenvalue weighted by atomic mass is 16.5. The predicted molar refractivity (Wildman–Crippen MR) is 122 cm³/mol. The number of hydrogen-bond acceptors (Lipinski definition) is 5. The van der Waals surface area contributed by atoms with Crippen LogP contribution in [0, 0.1) is 0 Å². The minimum Gasteiger partial charge on any atom is -0.497 e. The number of Topliss-reactive ketones (excluding diaryl/α,β-unsaturated/α-hetero) is 1. The fraction of sp³-hybridized carbons (Fsp3) is 0.400. The van der Waals surface area contributed by atoms with E-state index in [4.69, 9.17) is 14.5 Å². The van der Waals surface area contributed by atoms with E-state index in [1.165, 1.54) is 12.7 Å². The Hall–Kier alpha value is -2.99. The summed E-state index contributed by atoms with van der Waals surface area (Å²) in [6.45, 7) is 4.29. The predicted octanol–water partition coefficient (Wildman–Crippen LogP) is 4.46. The minimum atomic E-state index is -0.237. The molecule has 2 aromatic rings. The Bertz CT molecular complexity index is 976. The molecule has 1 heterocycles. The van der Waals surface area contributed by atoms with Gasteiger partial charge in [0.05, 0.1) is 24.8 Å². The molecule has 1 aliphatic rings. The first-order valence-corrected chi connectivity index (χ1v) is 10.6. The van der Waals surface area contributed by atoms with Crippen molar-refractivity contribution < 1.29 is 19.1 Å². The number of methoxy groups -OCH3 is 2. The minimum absolute atomic E-state index is 0.00899. The van der Waals surface area contributed by atoms with Crippen molar-refractivity contribution in [3.8, 4) is 5.75 Å². The number of ketones is 1. The van der Waals surface area contributed by atoms with Gasteiger partial charge in [-0.15, -0.1) is 0 Å². The number of anilines is 1. The van der Waals surface area contributed by atoms with E-state index in [1.54, 1.807) is 31.4 Å². The average Bonchev–Trinajstić information content (AvgIpc) is 2.79. The second-order valence-corrected chi connectivity index (χ2v) is 7.85. The molecule has 0 bridgehead atoms. The van der Waals surface area contributed by atoms with Gasteiger partial charge < -0.3 is 14.8 Å². The van der Waals surface area contributed by atoms with Crippen LogP contribution in [0.5, 0.6) is 5.75 Å². The molecule has 0 radical (unpaired) electrons. The molecule has 1 N–H and O–H groups in total. The first-order chi connectivity index (χ1) is 14.9. The maximum atomic E-state index is 13.1. The lowest BCUT2D eigenvalue weighted by Crippen LogP contribution is -2.34. The van der Waals surface area contributed by atoms with Crippen molar-refractivity contribution in [1.82, 2.24) is 0 Å². The number of aliphatic imine (C=N–C) groups is 1. The topological polar surface area (TPSA) is 77.0 Å². The van der Waals surface area contributed by atoms with Crippen LogP contribution in [0.3, 0.4) is 0 Å². The Labute approximate surface area is 183 Å². The second-order valence-electron chi connectivity index (χ2n) is 7.85. The van der Waals surface area contributed by atoms with Crippen molar-refractivity contribution in [3.05, 3.63) is 59.2 Å². The molecule has 31 heavy (non-hydrogen) atoms. The molecule has 2 aromatic carbocycles. The number of amides is 1. The smallest absolute Gasteiger partial charge is 0.250 e. The molecular weight excluding hydrogens is 392 g/mol. The van der Waals surface area contributed by atoms with Crippen LogP contribution < -0.4 is 10.1 Å². The number of carbonyl (C=O) groups excluding carboxylic acids is 2. The van der Waals surface area contributed by atoms with Gasteiger partial charge in [-0.1, -0.05) is 19.9 Å². The van der Waals surface area contributed by atoms with Gasteiger partial charge in [0.2, 0.25) is 5.91 Å². The highest BCUT2D eigenvalue weighted by Crippen LogP contribution is 2.35. The lowest BCUT2D eigenvalue weighted by molar-refractivity contribution is -0.119. The van der Waals surface area contributed by atoms with Gasteiger partial charge in [0.1, 0.15) is 12.4 Å². The third-order valence-corrected chi connectivity index (χ3v) is 5.93. The molecule has 0 saturated heterocycles. The number of fused-ring (bicyclic) bond motifs is 1. The standard InChI is InChI=1S/C25H30N2O4/c1-5-25(6-2)15-18-9-12-20(31-4)13-21(18)22(27-25)14-23(28)17-7-10-19(11-8-17)26-24(29)16-30-3/h7-13H,5-6,14-16H2,1-4H3,(H,26,29). The van der Waals surface area contributed by atoms with E-state index in [1.807, 2.05) is 12.1 Å². The van der Waals surface area contributed by atoms with Gasteiger partial charge in [-0.05, 0) is 61.2 Å². The van der Waals surface area contributed by atoms with Crippen molar-refractivity contribution in [3.63, 3.8) is 0 Å². The molecule has 0 spiro atoms. The molecule has 3 rings (SSSR count). The van der Waals surface area contributed by atoms with Crippen molar-refractivity contribution in [2.45, 2.75) is 45.1 Å². The Morgan fingerprint density at radius 1 is 1.06 bits per heavy atom. The zero-order valence-corrected chi connectivity index (χ0v) is 18.7. The van der Waals surface area contributed by atoms with Gasteiger partial charge in [-0.3, -0.25) is 14.6 Å². The zero-order chi connectivity index (χ0) is 22.4. The van der Waals surface area contributed by atoms with E-state index >= 15 is 0 Å². The maximum Gasteiger partial charge on any atom is 0.250 e. The fourth-order valence-electron chi connectivity index (χ4n) is 3.96. The normalized spacial score (nSPS) is 14.4. The van der Waals surface area contributed by atoms with E-state index in [9.17, 15) is 9.59 Å². The van der Waals surface area contributed by atoms with Gasteiger partial charge >= 0.3 is 0 Å². The number of ether oxygens (including phenoxy) is 2. The Morgan fingerprint density at radius 2 is 1.77 bits per heavy atom. The second kappa shape index (κ2) is 9.88. The molecule has 0 fully saturated rings. The van der Waals surface area contributed by atoms with Crippen LogP contribution in [-0.4, -0.2) is 43.8 Å². The van der Waals surface area contributed by atoms with Crippen molar-refractivity contribution in [1.29, 1.82) is 0 Å². The van der Waals surface area contributed by atoms with Gasteiger partial charge in [-0.2, -0.15) is 0 Å². The van der Waals surface area contributed by atoms with E-state index in [-0.39, 0.29) is 30.3 Å². The van der Waals surface area contributed by atoms with Gasteiger partial charge in [0, 0.05) is 23.9 Å². The van der Waals surface area contributed by atoms with E-state index in [2.05, 4.69) is 25.2 Å². The van der Waals surface area contributed by atoms with Gasteiger partial charge in [0.25, 0.3) is 0 Å². The van der Waals surface area contributed by atoms with E-state index in [0.717, 1.165) is 36.3 Å². The van der Waals surface area contributed by atoms with E-state index < -0.39 is 0 Å². The quantitative estimate of drug-likeness (QED) is 0.606. The number of rotatable bonds is 9. The third-order valence-electron chi connectivity index (χ3n) is 5.93. The SMILES string of the molecule is CCC1(CC)Cc2ccc(OC)cc2C(CC(=O)c2ccc(NC(=O)COC)cc2)=N1. The lowest BCUT2D eigenvalue weighted by atomic mass is 9.80. The number of benzene rings is 2. The molecule has 6 heteroatoms. The summed E-state index contributed by atoms with van der Waals surface area (Å²) in [5.41, 5.74) is 4.05. The zero-order valence-electron chi connectivity index (χ0n) is 18.7. The molecule has 0 unspecified atom stereocenters. The van der Waals surface area contributed by atoms with Crippen molar-refractivity contribution in [2.24, 2.45) is 4.99 Å². The molecule has 1 aliphatic heterocycles. The average molecular weight is 423 g/mol. The van der Waals surface area contributed by atoms with Gasteiger partial charge in [-0.25, -0.2) is 0 Å². The Balaban J connectivity index is 1.85. The summed E-state index contributed by atoms with van der Waals surface area (Å²) in [6, 6.07) is 12.9. The summed E-state index contributed by atoms with van der Waals surface area (Å²) >= 11 is 0. The number of nitrogens with one attached hydrogen (secondary N) is 1. The van der Waals surface area contributed by atoms with Crippen molar-refractivity contribution in [2.75, 3.05) is 26.1 Å². The first kappa shape index (κ1) is 22.7. The Kier molecular flexibility index (Phi) is 7.23. The molecule has 0 atom stereocenters. The van der Waals surface area contributed by atoms with Crippen molar-refractivity contribution >= 4 is 23.1 Å². The van der Waals surface area contributed by atoms with Crippen LogP contribution in [0.15, 0.2) is 47.5 Å². The van der Waals surface area contributed by atoms with Crippen LogP contribution in [0.25, 0.3) is 0 Å². The number of carbonyl (C=O) groups is 2.